The molecule has 19 atom stereocenters. The molecule has 12 heteroatoms. The number of allylic oxidation sites excluding steroid dienone is 2. The molecule has 12 nitrogen and oxygen atoms in total. The Kier molecular flexibility index (Phi) is 9.11. The van der Waals surface area contributed by atoms with Crippen molar-refractivity contribution in [2.75, 3.05) is 20.3 Å². The predicted octanol–water partition coefficient (Wildman–Crippen LogP) is 4.35. The first kappa shape index (κ1) is 40.2. The van der Waals surface area contributed by atoms with E-state index in [1.807, 2.05) is 0 Å². The molecule has 7 aliphatic carbocycles. The van der Waals surface area contributed by atoms with E-state index in [-0.39, 0.29) is 57.8 Å². The zero-order chi connectivity index (χ0) is 40.9. The van der Waals surface area contributed by atoms with Crippen molar-refractivity contribution in [3.8, 4) is 0 Å². The zero-order valence-electron chi connectivity index (χ0n) is 34.5. The maximum atomic E-state index is 14.4. The third kappa shape index (κ3) is 4.67. The van der Waals surface area contributed by atoms with Crippen molar-refractivity contribution < 1.29 is 54.1 Å². The topological polar surface area (TPSA) is 192 Å². The minimum absolute atomic E-state index is 0.0507. The number of rotatable bonds is 9. The molecule has 1 spiro atoms. The van der Waals surface area contributed by atoms with Crippen LogP contribution in [0, 0.1) is 73.4 Å². The molecule has 2 saturated heterocycles. The summed E-state index contributed by atoms with van der Waals surface area (Å²) in [6.07, 6.45) is 7.40. The number of carboxylic acids is 2. The molecule has 0 amide bonds. The van der Waals surface area contributed by atoms with Crippen LogP contribution in [0.3, 0.4) is 0 Å². The molecule has 9 aliphatic rings. The molecule has 57 heavy (non-hydrogen) atoms. The van der Waals surface area contributed by atoms with E-state index < -0.39 is 70.4 Å². The highest BCUT2D eigenvalue weighted by molar-refractivity contribution is 5.81. The van der Waals surface area contributed by atoms with Crippen molar-refractivity contribution in [1.29, 1.82) is 0 Å². The highest BCUT2D eigenvalue weighted by Crippen LogP contribution is 2.84. The quantitative estimate of drug-likeness (QED) is 0.110. The molecule has 5 bridgehead atoms. The lowest BCUT2D eigenvalue weighted by molar-refractivity contribution is -0.334. The van der Waals surface area contributed by atoms with Crippen LogP contribution < -0.4 is 5.32 Å². The van der Waals surface area contributed by atoms with E-state index in [4.69, 9.17) is 14.2 Å². The molecule has 0 radical (unpaired) electrons. The number of fused-ring (bicyclic) bond motifs is 2. The number of aliphatic carboxylic acids is 2. The first-order valence-corrected chi connectivity index (χ1v) is 21.7. The van der Waals surface area contributed by atoms with E-state index in [0.717, 1.165) is 44.8 Å². The number of carbonyl (C=O) groups is 3. The van der Waals surface area contributed by atoms with Gasteiger partial charge < -0.3 is 49.9 Å². The fourth-order valence-corrected chi connectivity index (χ4v) is 17.6. The number of ether oxygens (including phenoxy) is 3. The van der Waals surface area contributed by atoms with Gasteiger partial charge in [0.05, 0.1) is 18.1 Å². The van der Waals surface area contributed by atoms with E-state index >= 15 is 0 Å². The van der Waals surface area contributed by atoms with Crippen LogP contribution in [0.25, 0.3) is 0 Å². The number of aldehydes is 1. The lowest BCUT2D eigenvalue weighted by Crippen LogP contribution is -2.82. The summed E-state index contributed by atoms with van der Waals surface area (Å²) >= 11 is 0. The van der Waals surface area contributed by atoms with Gasteiger partial charge in [-0.05, 0) is 121 Å². The number of methoxy groups -OCH3 is 1. The van der Waals surface area contributed by atoms with Gasteiger partial charge in [0.15, 0.2) is 12.4 Å². The molecule has 316 valence electrons. The smallest absolute Gasteiger partial charge is 0.335 e. The molecule has 6 N–H and O–H groups in total. The number of hydrogen-bond acceptors (Lipinski definition) is 10. The molecular weight excluding hydrogens is 730 g/mol. The average Bonchev–Trinajstić information content (AvgIpc) is 3.13. The standard InChI is InChI=1S/C45H65NO11/c1-39(2)27-11-15-41(4)34-23(9-10-24(42(27,34)5)18-29(39)56-36-32(50)30(48)31(49)33(57-36)35(51)52)17-28-43(41,13-8-16-47)20-25-21-46-37-40(3)12-7-14-44(28,37)45(25,38(53)54)26(19-40)22-55-6/h7,14,16-17,23-27,29-34,36-37,46,48-50H,8-13,15,18-22H2,1-6H3,(H,51,52)(H,53,54)/t23-,24-,25-,26+,27+,29+,30+,31+,32-,33+,34+,36-,37+,40-,41-,42+,43-,44+,45+/m1/s1. The van der Waals surface area contributed by atoms with Crippen LogP contribution in [0.15, 0.2) is 23.8 Å². The van der Waals surface area contributed by atoms with Gasteiger partial charge in [0.25, 0.3) is 0 Å². The fraction of sp³-hybridized carbons (Fsp3) is 0.844. The molecule has 0 aromatic rings. The highest BCUT2D eigenvalue weighted by Gasteiger charge is 2.83. The molecular formula is C45H65NO11. The minimum Gasteiger partial charge on any atom is -0.481 e. The maximum absolute atomic E-state index is 14.4. The molecule has 0 unspecified atom stereocenters. The molecule has 0 aromatic carbocycles. The molecule has 7 fully saturated rings. The van der Waals surface area contributed by atoms with Crippen molar-refractivity contribution >= 4 is 18.2 Å². The lowest BCUT2D eigenvalue weighted by Gasteiger charge is -2.81. The number of nitrogens with one attached hydrogen (secondary N) is 1. The summed E-state index contributed by atoms with van der Waals surface area (Å²) in [5, 5.41) is 57.5. The Morgan fingerprint density at radius 1 is 1.00 bits per heavy atom. The van der Waals surface area contributed by atoms with Crippen molar-refractivity contribution in [3.05, 3.63) is 23.8 Å². The number of carbonyl (C=O) groups excluding carboxylic acids is 1. The molecule has 0 aromatic heterocycles. The second-order valence-corrected chi connectivity index (χ2v) is 21.5. The predicted molar refractivity (Wildman–Crippen MR) is 206 cm³/mol. The van der Waals surface area contributed by atoms with Crippen LogP contribution in [-0.2, 0) is 28.6 Å². The number of aliphatic hydroxyl groups is 3. The fourth-order valence-electron chi connectivity index (χ4n) is 17.6. The van der Waals surface area contributed by atoms with Crippen LogP contribution in [-0.4, -0.2) is 107 Å². The SMILES string of the molecule is COC[C@@H]1C[C@@]2(C)CC=C[C@]34C5=C[C@H]6CC[C@@H]7C[C@H](O[C@@H]8O[C@H](C(=O)O)[C@@H](O)[C@H](O)[C@H]8O)C(C)(C)[C@@H]8CC[C@](C)([C@H]6[C@@]78C)[C@]5(CCC=O)C[C@H](CN[C@@H]23)[C@@]14C(=O)O. The molecule has 2 heterocycles. The second kappa shape index (κ2) is 12.9. The van der Waals surface area contributed by atoms with Gasteiger partial charge >= 0.3 is 11.9 Å². The van der Waals surface area contributed by atoms with E-state index in [1.54, 1.807) is 7.11 Å². The number of aliphatic hydroxyl groups excluding tert-OH is 3. The van der Waals surface area contributed by atoms with Crippen molar-refractivity contribution in [3.63, 3.8) is 0 Å². The van der Waals surface area contributed by atoms with Crippen molar-refractivity contribution in [2.45, 2.75) is 142 Å². The Hall–Kier alpha value is -2.19. The first-order chi connectivity index (χ1) is 26.9. The van der Waals surface area contributed by atoms with E-state index in [0.29, 0.717) is 38.8 Å². The minimum atomic E-state index is -1.79. The van der Waals surface area contributed by atoms with Gasteiger partial charge in [-0.15, -0.1) is 0 Å². The summed E-state index contributed by atoms with van der Waals surface area (Å²) in [7, 11) is 1.70. The molecule has 5 saturated carbocycles. The van der Waals surface area contributed by atoms with E-state index in [9.17, 15) is 39.9 Å². The Morgan fingerprint density at radius 2 is 1.75 bits per heavy atom. The highest BCUT2D eigenvalue weighted by atomic mass is 16.7. The summed E-state index contributed by atoms with van der Waals surface area (Å²) in [5.74, 6) is -1.56. The van der Waals surface area contributed by atoms with Gasteiger partial charge in [-0.25, -0.2) is 4.79 Å². The van der Waals surface area contributed by atoms with Gasteiger partial charge in [0.1, 0.15) is 24.6 Å². The van der Waals surface area contributed by atoms with Gasteiger partial charge in [-0.3, -0.25) is 4.79 Å². The summed E-state index contributed by atoms with van der Waals surface area (Å²) in [5.41, 5.74) is -1.89. The third-order valence-electron chi connectivity index (χ3n) is 19.4. The lowest BCUT2D eigenvalue weighted by atomic mass is 9.24. The molecule has 2 aliphatic heterocycles. The van der Waals surface area contributed by atoms with Crippen LogP contribution in [0.5, 0.6) is 0 Å². The normalized spacial score (nSPS) is 55.1. The number of carboxylic acid groups (broad SMARTS) is 2. The van der Waals surface area contributed by atoms with Crippen LogP contribution in [0.1, 0.15) is 98.8 Å². The van der Waals surface area contributed by atoms with Crippen molar-refractivity contribution in [2.24, 2.45) is 73.4 Å². The van der Waals surface area contributed by atoms with E-state index in [2.05, 4.69) is 58.2 Å². The van der Waals surface area contributed by atoms with Gasteiger partial charge in [-0.1, -0.05) is 58.4 Å². The van der Waals surface area contributed by atoms with E-state index in [1.165, 1.54) is 5.57 Å². The van der Waals surface area contributed by atoms with Gasteiger partial charge in [0.2, 0.25) is 0 Å². The summed E-state index contributed by atoms with van der Waals surface area (Å²) < 4.78 is 18.2. The first-order valence-electron chi connectivity index (χ1n) is 21.7. The average molecular weight is 796 g/mol. The second-order valence-electron chi connectivity index (χ2n) is 21.5. The third-order valence-corrected chi connectivity index (χ3v) is 19.4. The summed E-state index contributed by atoms with van der Waals surface area (Å²) in [6, 6.07) is -0.0507. The Bertz CT molecular complexity index is 1760. The largest absolute Gasteiger partial charge is 0.481 e. The maximum Gasteiger partial charge on any atom is 0.335 e. The molecule has 9 rings (SSSR count). The van der Waals surface area contributed by atoms with Gasteiger partial charge in [0, 0.05) is 30.9 Å². The Labute approximate surface area is 336 Å². The monoisotopic (exact) mass is 795 g/mol. The summed E-state index contributed by atoms with van der Waals surface area (Å²) in [6.45, 7) is 12.8. The van der Waals surface area contributed by atoms with Crippen molar-refractivity contribution in [1.82, 2.24) is 5.32 Å². The number of hydrogen-bond donors (Lipinski definition) is 6. The Morgan fingerprint density at radius 3 is 2.44 bits per heavy atom. The van der Waals surface area contributed by atoms with Crippen LogP contribution in [0.4, 0.5) is 0 Å². The van der Waals surface area contributed by atoms with Crippen LogP contribution >= 0.6 is 0 Å². The van der Waals surface area contributed by atoms with Gasteiger partial charge in [-0.2, -0.15) is 0 Å². The summed E-state index contributed by atoms with van der Waals surface area (Å²) in [4.78, 5) is 38.9. The number of piperidine rings is 1. The zero-order valence-corrected chi connectivity index (χ0v) is 34.5. The Balaban J connectivity index is 1.17. The van der Waals surface area contributed by atoms with Crippen LogP contribution in [0.2, 0.25) is 0 Å².